The van der Waals surface area contributed by atoms with Gasteiger partial charge in [0.1, 0.15) is 0 Å². The highest BCUT2D eigenvalue weighted by molar-refractivity contribution is 6.14. The van der Waals surface area contributed by atoms with Gasteiger partial charge in [-0.2, -0.15) is 21.0 Å². The predicted octanol–water partition coefficient (Wildman–Crippen LogP) is 17.6. The van der Waals surface area contributed by atoms with Crippen LogP contribution < -0.4 is 0 Å². The van der Waals surface area contributed by atoms with Gasteiger partial charge in [0.25, 0.3) is 0 Å². The molecule has 0 aliphatic carbocycles. The number of hydrogen-bond acceptors (Lipinski definition) is 6. The topological polar surface area (TPSA) is 136 Å². The second kappa shape index (κ2) is 19.3. The first-order valence-electron chi connectivity index (χ1n) is 27.1. The Kier molecular flexibility index (Phi) is 11.2. The predicted molar refractivity (Wildman–Crippen MR) is 331 cm³/mol. The zero-order chi connectivity index (χ0) is 55.7. The molecule has 4 heterocycles. The smallest absolute Gasteiger partial charge is 0.161 e. The molecular formula is C74H41N9. The first-order valence-corrected chi connectivity index (χ1v) is 27.1. The third-order valence-electron chi connectivity index (χ3n) is 16.0. The van der Waals surface area contributed by atoms with Crippen LogP contribution in [-0.2, 0) is 0 Å². The highest BCUT2D eigenvalue weighted by Crippen LogP contribution is 2.41. The van der Waals surface area contributed by atoms with Crippen molar-refractivity contribution < 1.29 is 0 Å². The van der Waals surface area contributed by atoms with Crippen LogP contribution in [0.4, 0.5) is 0 Å². The van der Waals surface area contributed by atoms with Crippen molar-refractivity contribution >= 4 is 65.4 Å². The van der Waals surface area contributed by atoms with Crippen molar-refractivity contribution in [3.05, 3.63) is 271 Å². The van der Waals surface area contributed by atoms with E-state index in [4.69, 9.17) is 9.97 Å². The summed E-state index contributed by atoms with van der Waals surface area (Å²) in [6.45, 7) is 0. The summed E-state index contributed by atoms with van der Waals surface area (Å²) in [7, 11) is 0. The zero-order valence-corrected chi connectivity index (χ0v) is 44.2. The van der Waals surface area contributed by atoms with Gasteiger partial charge in [-0.05, 0) is 144 Å². The molecule has 0 atom stereocenters. The van der Waals surface area contributed by atoms with Crippen LogP contribution in [0, 0.1) is 45.3 Å². The normalized spacial score (nSPS) is 11.3. The van der Waals surface area contributed by atoms with E-state index in [-0.39, 0.29) is 0 Å². The minimum atomic E-state index is 0.413. The standard InChI is InChI=1S/C74H41N9/c75-42-46-17-33-70-62(37-46)63-38-47(43-76)18-34-71(63)83(70)57-32-36-73-65(40-57)64-39-56(82-68-15-7-5-13-60(68)61-14-6-8-16-69(61)82)31-35-72(64)81(73)55-29-27-51(28-30-55)49-21-19-48(20-22-49)50-23-25-52(26-24-50)66-41-67(58-11-3-1-9-53(58)44-77)80-74(79-66)59-12-4-2-10-54(59)45-78/h1-41H. The van der Waals surface area contributed by atoms with Crippen LogP contribution in [0.15, 0.2) is 249 Å². The summed E-state index contributed by atoms with van der Waals surface area (Å²) in [5.74, 6) is 0.413. The fourth-order valence-corrected chi connectivity index (χ4v) is 12.1. The van der Waals surface area contributed by atoms with Gasteiger partial charge in [-0.3, -0.25) is 0 Å². The Hall–Kier alpha value is -12.1. The fraction of sp³-hybridized carbons (Fsp3) is 0. The summed E-state index contributed by atoms with van der Waals surface area (Å²) in [5.41, 5.74) is 19.2. The molecule has 15 rings (SSSR count). The van der Waals surface area contributed by atoms with Gasteiger partial charge in [-0.25, -0.2) is 9.97 Å². The van der Waals surface area contributed by atoms with Gasteiger partial charge in [0.2, 0.25) is 0 Å². The lowest BCUT2D eigenvalue weighted by Gasteiger charge is -2.12. The van der Waals surface area contributed by atoms with Crippen LogP contribution in [0.3, 0.4) is 0 Å². The van der Waals surface area contributed by atoms with E-state index in [9.17, 15) is 21.0 Å². The molecule has 0 radical (unpaired) electrons. The molecule has 0 amide bonds. The lowest BCUT2D eigenvalue weighted by atomic mass is 9.98. The van der Waals surface area contributed by atoms with Crippen molar-refractivity contribution in [1.29, 1.82) is 21.0 Å². The summed E-state index contributed by atoms with van der Waals surface area (Å²) in [6.07, 6.45) is 0. The molecule has 83 heavy (non-hydrogen) atoms. The summed E-state index contributed by atoms with van der Waals surface area (Å²) in [4.78, 5) is 9.86. The Bertz CT molecular complexity index is 5160. The van der Waals surface area contributed by atoms with Crippen LogP contribution in [-0.4, -0.2) is 23.7 Å². The third kappa shape index (κ3) is 7.90. The molecule has 0 saturated carbocycles. The van der Waals surface area contributed by atoms with Crippen molar-refractivity contribution in [3.8, 4) is 97.5 Å². The van der Waals surface area contributed by atoms with Gasteiger partial charge in [0.05, 0.1) is 91.0 Å². The number of nitriles is 4. The molecule has 0 fully saturated rings. The molecule has 0 spiro atoms. The van der Waals surface area contributed by atoms with Crippen molar-refractivity contribution in [1.82, 2.24) is 23.7 Å². The average Bonchev–Trinajstić information content (AvgIpc) is 2.39. The Balaban J connectivity index is 0.796. The Morgan fingerprint density at radius 2 is 0.627 bits per heavy atom. The lowest BCUT2D eigenvalue weighted by molar-refractivity contribution is 1.16. The van der Waals surface area contributed by atoms with Crippen LogP contribution in [0.5, 0.6) is 0 Å². The molecule has 0 saturated heterocycles. The number of aromatic nitrogens is 5. The minimum absolute atomic E-state index is 0.413. The second-order valence-corrected chi connectivity index (χ2v) is 20.6. The first kappa shape index (κ1) is 48.0. The highest BCUT2D eigenvalue weighted by atomic mass is 15.0. The summed E-state index contributed by atoms with van der Waals surface area (Å²) in [6, 6.07) is 93.7. The molecule has 9 nitrogen and oxygen atoms in total. The van der Waals surface area contributed by atoms with Crippen LogP contribution in [0.2, 0.25) is 0 Å². The van der Waals surface area contributed by atoms with Crippen LogP contribution in [0.1, 0.15) is 22.3 Å². The maximum atomic E-state index is 9.98. The minimum Gasteiger partial charge on any atom is -0.309 e. The number of rotatable bonds is 8. The Morgan fingerprint density at radius 1 is 0.265 bits per heavy atom. The summed E-state index contributed by atoms with van der Waals surface area (Å²) in [5, 5.41) is 46.2. The zero-order valence-electron chi connectivity index (χ0n) is 44.2. The van der Waals surface area contributed by atoms with E-state index >= 15 is 0 Å². The average molecular weight is 1060 g/mol. The molecule has 0 unspecified atom stereocenters. The van der Waals surface area contributed by atoms with Gasteiger partial charge >= 0.3 is 0 Å². The molecule has 15 aromatic rings. The van der Waals surface area contributed by atoms with E-state index in [1.54, 1.807) is 12.1 Å². The van der Waals surface area contributed by atoms with Crippen molar-refractivity contribution in [2.24, 2.45) is 0 Å². The molecule has 0 bridgehead atoms. The number of nitrogens with zero attached hydrogens (tertiary/aromatic N) is 9. The van der Waals surface area contributed by atoms with Crippen molar-refractivity contribution in [2.45, 2.75) is 0 Å². The summed E-state index contributed by atoms with van der Waals surface area (Å²) >= 11 is 0. The van der Waals surface area contributed by atoms with Crippen molar-refractivity contribution in [3.63, 3.8) is 0 Å². The number of para-hydroxylation sites is 2. The molecule has 11 aromatic carbocycles. The van der Waals surface area contributed by atoms with E-state index in [2.05, 4.69) is 184 Å². The van der Waals surface area contributed by atoms with Gasteiger partial charge < -0.3 is 13.7 Å². The molecule has 4 aromatic heterocycles. The second-order valence-electron chi connectivity index (χ2n) is 20.6. The number of hydrogen-bond donors (Lipinski definition) is 0. The van der Waals surface area contributed by atoms with Crippen LogP contribution >= 0.6 is 0 Å². The Morgan fingerprint density at radius 3 is 1.12 bits per heavy atom. The van der Waals surface area contributed by atoms with Crippen LogP contribution in [0.25, 0.3) is 139 Å². The maximum Gasteiger partial charge on any atom is 0.161 e. The molecular weight excluding hydrogens is 1010 g/mol. The first-order chi connectivity index (χ1) is 40.9. The van der Waals surface area contributed by atoms with Crippen molar-refractivity contribution in [2.75, 3.05) is 0 Å². The third-order valence-corrected chi connectivity index (χ3v) is 16.0. The highest BCUT2D eigenvalue weighted by Gasteiger charge is 2.21. The van der Waals surface area contributed by atoms with Gasteiger partial charge in [0, 0.05) is 66.1 Å². The van der Waals surface area contributed by atoms with Gasteiger partial charge in [-0.1, -0.05) is 127 Å². The van der Waals surface area contributed by atoms with Gasteiger partial charge in [-0.15, -0.1) is 0 Å². The number of benzene rings is 11. The summed E-state index contributed by atoms with van der Waals surface area (Å²) < 4.78 is 6.96. The Labute approximate surface area is 476 Å². The molecule has 0 aliphatic rings. The fourth-order valence-electron chi connectivity index (χ4n) is 12.1. The van der Waals surface area contributed by atoms with E-state index in [1.807, 2.05) is 91.0 Å². The maximum absolute atomic E-state index is 9.98. The van der Waals surface area contributed by atoms with Gasteiger partial charge in [0.15, 0.2) is 5.82 Å². The molecule has 0 N–H and O–H groups in total. The monoisotopic (exact) mass is 1060 g/mol. The van der Waals surface area contributed by atoms with E-state index in [0.29, 0.717) is 50.6 Å². The van der Waals surface area contributed by atoms with E-state index < -0.39 is 0 Å². The molecule has 382 valence electrons. The lowest BCUT2D eigenvalue weighted by Crippen LogP contribution is -1.98. The molecule has 9 heteroatoms. The number of fused-ring (bicyclic) bond motifs is 9. The largest absolute Gasteiger partial charge is 0.309 e. The SMILES string of the molecule is N#Cc1ccc2c(c1)c1cc(C#N)ccc1n2-c1ccc2c(c1)c1cc(-n3c4ccccc4c4ccccc43)ccc1n2-c1ccc(-c2ccc(-c3ccc(-c4cc(-c5ccccc5C#N)nc(-c5ccccc5C#N)n4)cc3)cc2)cc1. The molecule has 0 aliphatic heterocycles. The quantitative estimate of drug-likeness (QED) is 0.149. The van der Waals surface area contributed by atoms with E-state index in [1.165, 1.54) is 10.8 Å². The van der Waals surface area contributed by atoms with E-state index in [0.717, 1.165) is 99.5 Å².